The zero-order valence-electron chi connectivity index (χ0n) is 31.9. The quantitative estimate of drug-likeness (QED) is 0.0535. The number of methoxy groups -OCH3 is 2. The molecule has 29 heteroatoms. The highest BCUT2D eigenvalue weighted by Gasteiger charge is 2.41. The van der Waals surface area contributed by atoms with Gasteiger partial charge in [0, 0.05) is 18.2 Å². The van der Waals surface area contributed by atoms with Gasteiger partial charge in [0.2, 0.25) is 6.04 Å². The van der Waals surface area contributed by atoms with E-state index in [9.17, 15) is 73.7 Å². The number of nitrogens with zero attached hydrogens (tertiary/aromatic N) is 8. The van der Waals surface area contributed by atoms with Crippen LogP contribution in [0, 0.1) is 0 Å². The first kappa shape index (κ1) is 45.7. The number of azo groups is 3. The normalized spacial score (nSPS) is 14.8. The van der Waals surface area contributed by atoms with Crippen molar-refractivity contribution in [2.24, 2.45) is 35.8 Å². The topological polar surface area (TPSA) is 403 Å². The molecular weight excluding hydrogens is 917 g/mol. The van der Waals surface area contributed by atoms with Crippen LogP contribution in [-0.4, -0.2) is 103 Å². The van der Waals surface area contributed by atoms with E-state index < -0.39 is 108 Å². The molecule has 0 aliphatic carbocycles. The second-order valence-corrected chi connectivity index (χ2v) is 16.9. The number of ether oxygens (including phenoxy) is 2. The van der Waals surface area contributed by atoms with Crippen LogP contribution in [0.1, 0.15) is 10.4 Å². The second kappa shape index (κ2) is 17.1. The summed E-state index contributed by atoms with van der Waals surface area (Å²) in [5.41, 5.74) is -3.07. The number of carboxylic acids is 2. The Morgan fingerprint density at radius 3 is 1.78 bits per heavy atom. The standard InChI is InChI=1S/C35H26N8O18S3/c1-60-25-14-23(39-40-29-27(64(57,58)59)10-15-9-19(63(54,55)56)12-24(44)28(15)32(29)45)26(61-2)13-22(25)38-37-21-8-3-16(11-20(21)34(47)48)36-41-30-31(35(49)50)42-43(33(30)46)17-4-6-18(7-5-17)62(51,52)53/h3-14,30,44-45H,1-2H3,(H,47,48)(H,49,50)(H,51,52,53)(H,54,55,56)(H,57,58,59)/b38-37+,40-39+,41-36+. The predicted molar refractivity (Wildman–Crippen MR) is 215 cm³/mol. The molecule has 5 aromatic carbocycles. The molecule has 1 atom stereocenters. The molecule has 1 amide bonds. The average Bonchev–Trinajstić information content (AvgIpc) is 3.56. The van der Waals surface area contributed by atoms with Crippen molar-refractivity contribution in [3.05, 3.63) is 78.4 Å². The van der Waals surface area contributed by atoms with E-state index in [0.717, 1.165) is 42.5 Å². The molecular formula is C35H26N8O18S3. The minimum Gasteiger partial charge on any atom is -0.507 e. The summed E-state index contributed by atoms with van der Waals surface area (Å²) in [6.45, 7) is 0. The first-order valence-corrected chi connectivity index (χ1v) is 21.3. The monoisotopic (exact) mass is 942 g/mol. The van der Waals surface area contributed by atoms with Crippen LogP contribution >= 0.6 is 0 Å². The minimum absolute atomic E-state index is 0.0783. The van der Waals surface area contributed by atoms with Gasteiger partial charge >= 0.3 is 11.9 Å². The molecule has 332 valence electrons. The molecule has 1 aliphatic heterocycles. The van der Waals surface area contributed by atoms with Crippen molar-refractivity contribution in [2.75, 3.05) is 19.2 Å². The lowest BCUT2D eigenvalue weighted by molar-refractivity contribution is -0.130. The van der Waals surface area contributed by atoms with Gasteiger partial charge in [0.15, 0.2) is 11.5 Å². The van der Waals surface area contributed by atoms with Gasteiger partial charge in [-0.3, -0.25) is 18.5 Å². The number of phenols is 2. The molecule has 0 aromatic heterocycles. The van der Waals surface area contributed by atoms with E-state index in [1.807, 2.05) is 0 Å². The average molecular weight is 943 g/mol. The van der Waals surface area contributed by atoms with Crippen molar-refractivity contribution < 1.29 is 83.2 Å². The Morgan fingerprint density at radius 1 is 0.672 bits per heavy atom. The van der Waals surface area contributed by atoms with Gasteiger partial charge in [0.1, 0.15) is 44.9 Å². The van der Waals surface area contributed by atoms with Gasteiger partial charge in [-0.05, 0) is 60.0 Å². The number of rotatable bonds is 14. The molecule has 26 nitrogen and oxygen atoms in total. The maximum atomic E-state index is 13.1. The third kappa shape index (κ3) is 9.32. The van der Waals surface area contributed by atoms with Gasteiger partial charge in [-0.1, -0.05) is 0 Å². The summed E-state index contributed by atoms with van der Waals surface area (Å²) < 4.78 is 110. The van der Waals surface area contributed by atoms with E-state index >= 15 is 0 Å². The summed E-state index contributed by atoms with van der Waals surface area (Å²) >= 11 is 0. The number of phenolic OH excluding ortho intramolecular Hbond substituents is 2. The van der Waals surface area contributed by atoms with Crippen LogP contribution in [0.25, 0.3) is 10.8 Å². The number of hydrogen-bond acceptors (Lipinski definition) is 20. The van der Waals surface area contributed by atoms with Crippen LogP contribution < -0.4 is 14.5 Å². The highest BCUT2D eigenvalue weighted by atomic mass is 32.2. The maximum Gasteiger partial charge on any atom is 0.355 e. The van der Waals surface area contributed by atoms with Crippen molar-refractivity contribution in [3.63, 3.8) is 0 Å². The fourth-order valence-electron chi connectivity index (χ4n) is 5.74. The Morgan fingerprint density at radius 2 is 1.25 bits per heavy atom. The highest BCUT2D eigenvalue weighted by Crippen LogP contribution is 2.47. The van der Waals surface area contributed by atoms with Crippen molar-refractivity contribution in [2.45, 2.75) is 20.7 Å². The van der Waals surface area contributed by atoms with Crippen LogP contribution in [0.3, 0.4) is 0 Å². The smallest absolute Gasteiger partial charge is 0.355 e. The Balaban J connectivity index is 1.30. The third-order valence-electron chi connectivity index (χ3n) is 8.69. The molecule has 5 aromatic rings. The number of aliphatic carboxylic acids is 1. The third-order valence-corrected chi connectivity index (χ3v) is 11.3. The molecule has 1 unspecified atom stereocenters. The van der Waals surface area contributed by atoms with E-state index in [0.29, 0.717) is 23.2 Å². The first-order chi connectivity index (χ1) is 29.9. The summed E-state index contributed by atoms with van der Waals surface area (Å²) in [6.07, 6.45) is 0. The van der Waals surface area contributed by atoms with Crippen molar-refractivity contribution in [1.29, 1.82) is 0 Å². The number of carbonyl (C=O) groups is 3. The summed E-state index contributed by atoms with van der Waals surface area (Å²) in [5.74, 6) is -6.48. The zero-order valence-corrected chi connectivity index (χ0v) is 34.4. The Labute approximate surface area is 358 Å². The zero-order chi connectivity index (χ0) is 47.1. The Hall–Kier alpha value is -7.83. The summed E-state index contributed by atoms with van der Waals surface area (Å²) in [5, 5.41) is 67.7. The van der Waals surface area contributed by atoms with Crippen LogP contribution in [0.2, 0.25) is 0 Å². The number of aromatic carboxylic acids is 1. The highest BCUT2D eigenvalue weighted by molar-refractivity contribution is 7.86. The van der Waals surface area contributed by atoms with E-state index in [-0.39, 0.29) is 39.9 Å². The predicted octanol–water partition coefficient (Wildman–Crippen LogP) is 5.48. The van der Waals surface area contributed by atoms with Gasteiger partial charge in [-0.25, -0.2) is 9.59 Å². The van der Waals surface area contributed by atoms with Crippen LogP contribution in [-0.2, 0) is 39.9 Å². The van der Waals surface area contributed by atoms with Gasteiger partial charge in [-0.15, -0.1) is 20.5 Å². The summed E-state index contributed by atoms with van der Waals surface area (Å²) in [6, 6.07) is 9.81. The Kier molecular flexibility index (Phi) is 12.2. The molecule has 0 bridgehead atoms. The molecule has 0 fully saturated rings. The molecule has 64 heavy (non-hydrogen) atoms. The fraction of sp³-hybridized carbons (Fsp3) is 0.0857. The molecule has 6 rings (SSSR count). The first-order valence-electron chi connectivity index (χ1n) is 17.0. The number of fused-ring (bicyclic) bond motifs is 1. The van der Waals surface area contributed by atoms with E-state index in [2.05, 4.69) is 35.8 Å². The maximum absolute atomic E-state index is 13.1. The number of carbonyl (C=O) groups excluding carboxylic acids is 1. The number of anilines is 1. The van der Waals surface area contributed by atoms with Crippen molar-refractivity contribution in [3.8, 4) is 23.0 Å². The van der Waals surface area contributed by atoms with E-state index in [1.54, 1.807) is 0 Å². The van der Waals surface area contributed by atoms with Crippen molar-refractivity contribution >= 4 is 98.8 Å². The van der Waals surface area contributed by atoms with E-state index in [4.69, 9.17) is 9.47 Å². The molecule has 1 heterocycles. The number of amides is 1. The van der Waals surface area contributed by atoms with Gasteiger partial charge < -0.3 is 29.9 Å². The lowest BCUT2D eigenvalue weighted by Crippen LogP contribution is -2.33. The number of hydrogen-bond donors (Lipinski definition) is 7. The minimum atomic E-state index is -5.23. The van der Waals surface area contributed by atoms with Gasteiger partial charge in [0.05, 0.1) is 46.3 Å². The lowest BCUT2D eigenvalue weighted by atomic mass is 10.1. The molecule has 0 saturated carbocycles. The Bertz CT molecular complexity index is 3290. The van der Waals surface area contributed by atoms with Gasteiger partial charge in [-0.2, -0.15) is 45.6 Å². The number of aromatic hydroxyl groups is 2. The number of hydrazone groups is 1. The summed E-state index contributed by atoms with van der Waals surface area (Å²) in [7, 11) is -12.4. The molecule has 1 aliphatic rings. The van der Waals surface area contributed by atoms with Crippen LogP contribution in [0.15, 0.2) is 123 Å². The molecule has 0 saturated heterocycles. The molecule has 0 radical (unpaired) electrons. The largest absolute Gasteiger partial charge is 0.507 e. The van der Waals surface area contributed by atoms with Crippen molar-refractivity contribution in [1.82, 2.24) is 0 Å². The molecule has 0 spiro atoms. The second-order valence-electron chi connectivity index (χ2n) is 12.7. The van der Waals surface area contributed by atoms with E-state index in [1.165, 1.54) is 26.4 Å². The number of carboxylic acid groups (broad SMARTS) is 2. The fourth-order valence-corrected chi connectivity index (χ4v) is 7.41. The number of benzene rings is 5. The van der Waals surface area contributed by atoms with Crippen LogP contribution in [0.4, 0.5) is 34.1 Å². The SMILES string of the molecule is COc1cc(/N=N/c2c(S(=O)(=O)O)cc3cc(S(=O)(=O)O)cc(O)c3c2O)c(OC)cc1/N=N/c1ccc(/N=N/C2C(=O)N(c3ccc(S(=O)(=O)O)cc3)N=C2C(=O)O)cc1C(=O)O. The molecule has 7 N–H and O–H groups in total. The summed E-state index contributed by atoms with van der Waals surface area (Å²) in [4.78, 5) is 34.9. The van der Waals surface area contributed by atoms with Gasteiger partial charge in [0.25, 0.3) is 36.3 Å². The lowest BCUT2D eigenvalue weighted by Gasteiger charge is -2.12. The van der Waals surface area contributed by atoms with Crippen LogP contribution in [0.5, 0.6) is 23.0 Å².